The molecule has 0 aromatic carbocycles. The van der Waals surface area contributed by atoms with Crippen LogP contribution in [0.3, 0.4) is 0 Å². The molecule has 5 nitrogen and oxygen atoms in total. The number of likely N-dealkylation sites (N-methyl/N-ethyl adjacent to an activating group) is 1. The lowest BCUT2D eigenvalue weighted by Crippen LogP contribution is -2.57. The van der Waals surface area contributed by atoms with E-state index in [0.29, 0.717) is 6.54 Å². The third-order valence-electron chi connectivity index (χ3n) is 3.03. The fraction of sp³-hybridized carbons (Fsp3) is 0.538. The molecule has 0 spiro atoms. The number of amides is 1. The van der Waals surface area contributed by atoms with Gasteiger partial charge in [0.1, 0.15) is 0 Å². The van der Waals surface area contributed by atoms with E-state index in [4.69, 9.17) is 0 Å². The molecule has 0 aliphatic carbocycles. The Balaban J connectivity index is 1.98. The van der Waals surface area contributed by atoms with Crippen LogP contribution < -0.4 is 5.32 Å². The van der Waals surface area contributed by atoms with E-state index >= 15 is 0 Å². The lowest BCUT2D eigenvalue weighted by molar-refractivity contribution is -0.136. The second-order valence-electron chi connectivity index (χ2n) is 4.89. The molecule has 1 unspecified atom stereocenters. The van der Waals surface area contributed by atoms with E-state index in [1.54, 1.807) is 6.20 Å². The molecule has 2 heterocycles. The van der Waals surface area contributed by atoms with Gasteiger partial charge in [-0.05, 0) is 25.7 Å². The molecule has 1 aromatic rings. The first-order valence-corrected chi connectivity index (χ1v) is 6.22. The average Bonchev–Trinajstić information content (AvgIpc) is 2.35. The van der Waals surface area contributed by atoms with Crippen molar-refractivity contribution in [2.45, 2.75) is 12.6 Å². The van der Waals surface area contributed by atoms with Gasteiger partial charge in [0.2, 0.25) is 5.91 Å². The maximum Gasteiger partial charge on any atom is 0.241 e. The summed E-state index contributed by atoms with van der Waals surface area (Å²) >= 11 is 0. The summed E-state index contributed by atoms with van der Waals surface area (Å²) in [5.41, 5.74) is 1.08. The highest BCUT2D eigenvalue weighted by molar-refractivity contribution is 5.82. The molecule has 0 radical (unpaired) electrons. The van der Waals surface area contributed by atoms with Gasteiger partial charge in [0.25, 0.3) is 0 Å². The van der Waals surface area contributed by atoms with Gasteiger partial charge in [0.05, 0.1) is 6.04 Å². The first kappa shape index (κ1) is 13.0. The van der Waals surface area contributed by atoms with Crippen LogP contribution in [0.4, 0.5) is 0 Å². The summed E-state index contributed by atoms with van der Waals surface area (Å²) in [6.45, 7) is 3.00. The molecule has 1 fully saturated rings. The van der Waals surface area contributed by atoms with E-state index in [-0.39, 0.29) is 11.9 Å². The molecule has 1 atom stereocenters. The highest BCUT2D eigenvalue weighted by Crippen LogP contribution is 2.08. The van der Waals surface area contributed by atoms with E-state index in [1.165, 1.54) is 0 Å². The van der Waals surface area contributed by atoms with Gasteiger partial charge >= 0.3 is 0 Å². The Labute approximate surface area is 108 Å². The number of aromatic nitrogens is 1. The van der Waals surface area contributed by atoms with Crippen LogP contribution in [0, 0.1) is 0 Å². The van der Waals surface area contributed by atoms with E-state index in [0.717, 1.165) is 25.2 Å². The Morgan fingerprint density at radius 2 is 2.39 bits per heavy atom. The van der Waals surface area contributed by atoms with Gasteiger partial charge in [-0.3, -0.25) is 9.78 Å². The van der Waals surface area contributed by atoms with Crippen LogP contribution in [0.15, 0.2) is 24.5 Å². The molecule has 1 aliphatic heterocycles. The van der Waals surface area contributed by atoms with Crippen LogP contribution in [0.25, 0.3) is 0 Å². The van der Waals surface area contributed by atoms with Crippen molar-refractivity contribution >= 4 is 5.91 Å². The van der Waals surface area contributed by atoms with Gasteiger partial charge in [-0.25, -0.2) is 0 Å². The average molecular weight is 248 g/mol. The van der Waals surface area contributed by atoms with Crippen molar-refractivity contribution in [1.29, 1.82) is 0 Å². The number of hydrogen-bond donors (Lipinski definition) is 1. The van der Waals surface area contributed by atoms with E-state index in [2.05, 4.69) is 10.3 Å². The van der Waals surface area contributed by atoms with Crippen molar-refractivity contribution in [3.8, 4) is 0 Å². The minimum absolute atomic E-state index is 0.0922. The van der Waals surface area contributed by atoms with Crippen LogP contribution in [0.1, 0.15) is 5.56 Å². The second kappa shape index (κ2) is 5.93. The van der Waals surface area contributed by atoms with Crippen LogP contribution in [-0.4, -0.2) is 60.5 Å². The van der Waals surface area contributed by atoms with Crippen molar-refractivity contribution in [2.24, 2.45) is 0 Å². The number of nitrogens with one attached hydrogen (secondary N) is 1. The zero-order valence-corrected chi connectivity index (χ0v) is 11.0. The number of rotatable bonds is 4. The number of pyridine rings is 1. The normalized spacial score (nSPS) is 20.5. The molecule has 1 aromatic heterocycles. The lowest BCUT2D eigenvalue weighted by atomic mass is 10.1. The van der Waals surface area contributed by atoms with Gasteiger partial charge < -0.3 is 15.1 Å². The van der Waals surface area contributed by atoms with Crippen LogP contribution in [-0.2, 0) is 11.3 Å². The molecule has 0 saturated carbocycles. The Morgan fingerprint density at radius 1 is 1.56 bits per heavy atom. The molecule has 98 valence electrons. The van der Waals surface area contributed by atoms with Gasteiger partial charge in [0, 0.05) is 38.6 Å². The number of carbonyl (C=O) groups excluding carboxylic acids is 1. The van der Waals surface area contributed by atoms with Crippen molar-refractivity contribution in [2.75, 3.05) is 33.7 Å². The molecule has 1 saturated heterocycles. The van der Waals surface area contributed by atoms with Gasteiger partial charge in [-0.1, -0.05) is 6.07 Å². The summed E-state index contributed by atoms with van der Waals surface area (Å²) in [5.74, 6) is 0.179. The summed E-state index contributed by atoms with van der Waals surface area (Å²) < 4.78 is 0. The minimum atomic E-state index is -0.0922. The Bertz CT molecular complexity index is 393. The first-order chi connectivity index (χ1) is 8.66. The molecule has 1 amide bonds. The summed E-state index contributed by atoms with van der Waals surface area (Å²) in [7, 11) is 3.96. The summed E-state index contributed by atoms with van der Waals surface area (Å²) in [5, 5.41) is 3.27. The molecule has 0 bridgehead atoms. The van der Waals surface area contributed by atoms with Crippen molar-refractivity contribution < 1.29 is 4.79 Å². The molecule has 1 aliphatic rings. The third kappa shape index (κ3) is 3.27. The van der Waals surface area contributed by atoms with Crippen LogP contribution in [0.5, 0.6) is 0 Å². The van der Waals surface area contributed by atoms with Crippen molar-refractivity contribution in [1.82, 2.24) is 20.1 Å². The maximum absolute atomic E-state index is 12.3. The standard InChI is InChI=1S/C13H20N4O/c1-16(2)10-12-13(18)17(7-6-15-12)9-11-4-3-5-14-8-11/h3-5,8,12,15H,6-7,9-10H2,1-2H3. The molecule has 5 heteroatoms. The number of hydrogen-bond acceptors (Lipinski definition) is 4. The zero-order valence-electron chi connectivity index (χ0n) is 11.0. The van der Waals surface area contributed by atoms with E-state index in [1.807, 2.05) is 42.2 Å². The quantitative estimate of drug-likeness (QED) is 0.811. The predicted molar refractivity (Wildman–Crippen MR) is 70.0 cm³/mol. The highest BCUT2D eigenvalue weighted by Gasteiger charge is 2.28. The third-order valence-corrected chi connectivity index (χ3v) is 3.03. The molecule has 18 heavy (non-hydrogen) atoms. The lowest BCUT2D eigenvalue weighted by Gasteiger charge is -2.34. The van der Waals surface area contributed by atoms with Gasteiger partial charge in [-0.2, -0.15) is 0 Å². The Kier molecular flexibility index (Phi) is 4.28. The summed E-state index contributed by atoms with van der Waals surface area (Å²) in [6, 6.07) is 3.81. The van der Waals surface area contributed by atoms with E-state index in [9.17, 15) is 4.79 Å². The van der Waals surface area contributed by atoms with E-state index < -0.39 is 0 Å². The predicted octanol–water partition coefficient (Wildman–Crippen LogP) is -0.0564. The fourth-order valence-electron chi connectivity index (χ4n) is 2.17. The molecular weight excluding hydrogens is 228 g/mol. The Morgan fingerprint density at radius 3 is 3.06 bits per heavy atom. The maximum atomic E-state index is 12.3. The Hall–Kier alpha value is -1.46. The number of nitrogens with zero attached hydrogens (tertiary/aromatic N) is 3. The first-order valence-electron chi connectivity index (χ1n) is 6.22. The SMILES string of the molecule is CN(C)CC1NCCN(Cc2cccnc2)C1=O. The molecule has 2 rings (SSSR count). The largest absolute Gasteiger partial charge is 0.336 e. The van der Waals surface area contributed by atoms with Crippen LogP contribution in [0.2, 0.25) is 0 Å². The second-order valence-corrected chi connectivity index (χ2v) is 4.89. The van der Waals surface area contributed by atoms with Gasteiger partial charge in [-0.15, -0.1) is 0 Å². The van der Waals surface area contributed by atoms with Gasteiger partial charge in [0.15, 0.2) is 0 Å². The van der Waals surface area contributed by atoms with Crippen molar-refractivity contribution in [3.63, 3.8) is 0 Å². The zero-order chi connectivity index (χ0) is 13.0. The summed E-state index contributed by atoms with van der Waals surface area (Å²) in [4.78, 5) is 20.3. The number of carbonyl (C=O) groups is 1. The monoisotopic (exact) mass is 248 g/mol. The fourth-order valence-corrected chi connectivity index (χ4v) is 2.17. The molecular formula is C13H20N4O. The number of piperazine rings is 1. The van der Waals surface area contributed by atoms with Crippen LogP contribution >= 0.6 is 0 Å². The van der Waals surface area contributed by atoms with Crippen molar-refractivity contribution in [3.05, 3.63) is 30.1 Å². The highest BCUT2D eigenvalue weighted by atomic mass is 16.2. The molecule has 1 N–H and O–H groups in total. The summed E-state index contributed by atoms with van der Waals surface area (Å²) in [6.07, 6.45) is 3.56. The topological polar surface area (TPSA) is 48.5 Å². The smallest absolute Gasteiger partial charge is 0.241 e. The minimum Gasteiger partial charge on any atom is -0.336 e.